The standard InChI is InChI=1S/C17H15ClN2/c18-17-9-14(13-3-1-2-12(8-13)10-19)4-5-15(17)11-20-16-6-7-16/h1-5,8-9,16,20H,6-7,11H2. The van der Waals surface area contributed by atoms with Crippen LogP contribution in [0.15, 0.2) is 42.5 Å². The summed E-state index contributed by atoms with van der Waals surface area (Å²) in [4.78, 5) is 0. The molecule has 1 fully saturated rings. The monoisotopic (exact) mass is 282 g/mol. The first-order chi connectivity index (χ1) is 9.76. The van der Waals surface area contributed by atoms with Crippen LogP contribution in [0.5, 0.6) is 0 Å². The van der Waals surface area contributed by atoms with Crippen LogP contribution in [0.1, 0.15) is 24.0 Å². The van der Waals surface area contributed by atoms with Crippen LogP contribution in [-0.4, -0.2) is 6.04 Å². The number of nitrogens with zero attached hydrogens (tertiary/aromatic N) is 1. The lowest BCUT2D eigenvalue weighted by atomic mass is 10.0. The zero-order valence-electron chi connectivity index (χ0n) is 11.1. The molecule has 0 bridgehead atoms. The average Bonchev–Trinajstić information content (AvgIpc) is 3.30. The van der Waals surface area contributed by atoms with Gasteiger partial charge in [-0.15, -0.1) is 0 Å². The third-order valence-electron chi connectivity index (χ3n) is 3.54. The molecular weight excluding hydrogens is 268 g/mol. The lowest BCUT2D eigenvalue weighted by molar-refractivity contribution is 0.688. The third-order valence-corrected chi connectivity index (χ3v) is 3.89. The molecule has 0 heterocycles. The summed E-state index contributed by atoms with van der Waals surface area (Å²) in [6.07, 6.45) is 2.55. The van der Waals surface area contributed by atoms with Crippen LogP contribution in [0.3, 0.4) is 0 Å². The first-order valence-electron chi connectivity index (χ1n) is 6.78. The van der Waals surface area contributed by atoms with Crippen molar-refractivity contribution in [3.63, 3.8) is 0 Å². The Hall–Kier alpha value is -1.82. The van der Waals surface area contributed by atoms with Gasteiger partial charge in [-0.3, -0.25) is 0 Å². The van der Waals surface area contributed by atoms with Gasteiger partial charge < -0.3 is 5.32 Å². The summed E-state index contributed by atoms with van der Waals surface area (Å²) in [6, 6.07) is 16.5. The topological polar surface area (TPSA) is 35.8 Å². The van der Waals surface area contributed by atoms with E-state index in [1.807, 2.05) is 24.3 Å². The van der Waals surface area contributed by atoms with Crippen LogP contribution in [0.4, 0.5) is 0 Å². The second-order valence-corrected chi connectivity index (χ2v) is 5.56. The average molecular weight is 283 g/mol. The Balaban J connectivity index is 1.83. The lowest BCUT2D eigenvalue weighted by Gasteiger charge is -2.08. The van der Waals surface area contributed by atoms with Crippen molar-refractivity contribution in [2.45, 2.75) is 25.4 Å². The van der Waals surface area contributed by atoms with Crippen LogP contribution in [-0.2, 0) is 6.54 Å². The van der Waals surface area contributed by atoms with Gasteiger partial charge in [0.1, 0.15) is 0 Å². The quantitative estimate of drug-likeness (QED) is 0.915. The maximum absolute atomic E-state index is 8.95. The van der Waals surface area contributed by atoms with Crippen LogP contribution in [0, 0.1) is 11.3 Å². The van der Waals surface area contributed by atoms with Crippen molar-refractivity contribution in [3.8, 4) is 17.2 Å². The van der Waals surface area contributed by atoms with E-state index in [2.05, 4.69) is 23.5 Å². The van der Waals surface area contributed by atoms with Crippen LogP contribution in [0.25, 0.3) is 11.1 Å². The molecule has 3 rings (SSSR count). The van der Waals surface area contributed by atoms with E-state index in [1.165, 1.54) is 12.8 Å². The van der Waals surface area contributed by atoms with Crippen molar-refractivity contribution in [2.75, 3.05) is 0 Å². The summed E-state index contributed by atoms with van der Waals surface area (Å²) in [5.41, 5.74) is 3.85. The van der Waals surface area contributed by atoms with Crippen LogP contribution < -0.4 is 5.32 Å². The van der Waals surface area contributed by atoms with E-state index in [1.54, 1.807) is 6.07 Å². The maximum Gasteiger partial charge on any atom is 0.0991 e. The number of nitrogens with one attached hydrogen (secondary N) is 1. The highest BCUT2D eigenvalue weighted by atomic mass is 35.5. The van der Waals surface area contributed by atoms with Gasteiger partial charge in [0.2, 0.25) is 0 Å². The van der Waals surface area contributed by atoms with E-state index in [0.29, 0.717) is 11.6 Å². The van der Waals surface area contributed by atoms with E-state index in [-0.39, 0.29) is 0 Å². The third kappa shape index (κ3) is 3.01. The molecule has 1 saturated carbocycles. The van der Waals surface area contributed by atoms with Gasteiger partial charge in [0.25, 0.3) is 0 Å². The van der Waals surface area contributed by atoms with E-state index in [9.17, 15) is 0 Å². The van der Waals surface area contributed by atoms with E-state index >= 15 is 0 Å². The smallest absolute Gasteiger partial charge is 0.0991 e. The summed E-state index contributed by atoms with van der Waals surface area (Å²) in [5, 5.41) is 13.2. The van der Waals surface area contributed by atoms with Crippen molar-refractivity contribution in [1.82, 2.24) is 5.32 Å². The number of benzene rings is 2. The van der Waals surface area contributed by atoms with E-state index in [0.717, 1.165) is 28.3 Å². The van der Waals surface area contributed by atoms with Crippen molar-refractivity contribution >= 4 is 11.6 Å². The Labute approximate surface area is 124 Å². The highest BCUT2D eigenvalue weighted by molar-refractivity contribution is 6.31. The second kappa shape index (κ2) is 5.66. The lowest BCUT2D eigenvalue weighted by Crippen LogP contribution is -2.15. The molecule has 2 aromatic rings. The molecule has 2 aromatic carbocycles. The highest BCUT2D eigenvalue weighted by Gasteiger charge is 2.20. The molecular formula is C17H15ClN2. The fourth-order valence-corrected chi connectivity index (χ4v) is 2.43. The molecule has 100 valence electrons. The molecule has 0 aromatic heterocycles. The molecule has 3 heteroatoms. The van der Waals surface area contributed by atoms with Crippen molar-refractivity contribution < 1.29 is 0 Å². The zero-order valence-corrected chi connectivity index (χ0v) is 11.8. The Morgan fingerprint density at radius 3 is 2.65 bits per heavy atom. The van der Waals surface area contributed by atoms with Crippen LogP contribution >= 0.6 is 11.6 Å². The number of hydrogen-bond donors (Lipinski definition) is 1. The predicted octanol–water partition coefficient (Wildman–Crippen LogP) is 4.13. The molecule has 0 atom stereocenters. The zero-order chi connectivity index (χ0) is 13.9. The van der Waals surface area contributed by atoms with Gasteiger partial charge in [0.15, 0.2) is 0 Å². The van der Waals surface area contributed by atoms with Crippen molar-refractivity contribution in [2.24, 2.45) is 0 Å². The number of rotatable bonds is 4. The summed E-state index contributed by atoms with van der Waals surface area (Å²) < 4.78 is 0. The normalized spacial score (nSPS) is 14.0. The molecule has 0 radical (unpaired) electrons. The molecule has 20 heavy (non-hydrogen) atoms. The van der Waals surface area contributed by atoms with E-state index < -0.39 is 0 Å². The SMILES string of the molecule is N#Cc1cccc(-c2ccc(CNC3CC3)c(Cl)c2)c1. The Kier molecular flexibility index (Phi) is 3.73. The second-order valence-electron chi connectivity index (χ2n) is 5.15. The molecule has 1 N–H and O–H groups in total. The van der Waals surface area contributed by atoms with Gasteiger partial charge in [-0.25, -0.2) is 0 Å². The van der Waals surface area contributed by atoms with Gasteiger partial charge in [0, 0.05) is 17.6 Å². The first kappa shape index (κ1) is 13.2. The fraction of sp³-hybridized carbons (Fsp3) is 0.235. The highest BCUT2D eigenvalue weighted by Crippen LogP contribution is 2.27. The van der Waals surface area contributed by atoms with Gasteiger partial charge in [0.05, 0.1) is 11.6 Å². The largest absolute Gasteiger partial charge is 0.310 e. The van der Waals surface area contributed by atoms with Gasteiger partial charge in [-0.1, -0.05) is 35.9 Å². The van der Waals surface area contributed by atoms with Crippen molar-refractivity contribution in [1.29, 1.82) is 5.26 Å². The first-order valence-corrected chi connectivity index (χ1v) is 7.16. The Morgan fingerprint density at radius 2 is 1.95 bits per heavy atom. The number of hydrogen-bond acceptors (Lipinski definition) is 2. The van der Waals surface area contributed by atoms with Gasteiger partial charge >= 0.3 is 0 Å². The molecule has 0 amide bonds. The summed E-state index contributed by atoms with van der Waals surface area (Å²) in [6.45, 7) is 0.821. The summed E-state index contributed by atoms with van der Waals surface area (Å²) >= 11 is 6.35. The molecule has 0 unspecified atom stereocenters. The van der Waals surface area contributed by atoms with Gasteiger partial charge in [-0.2, -0.15) is 5.26 Å². The molecule has 0 aliphatic heterocycles. The van der Waals surface area contributed by atoms with E-state index in [4.69, 9.17) is 16.9 Å². The van der Waals surface area contributed by atoms with Crippen molar-refractivity contribution in [3.05, 3.63) is 58.6 Å². The minimum Gasteiger partial charge on any atom is -0.310 e. The number of nitriles is 1. The molecule has 1 aliphatic carbocycles. The van der Waals surface area contributed by atoms with Crippen LogP contribution in [0.2, 0.25) is 5.02 Å². The summed E-state index contributed by atoms with van der Waals surface area (Å²) in [7, 11) is 0. The molecule has 0 saturated heterocycles. The Morgan fingerprint density at radius 1 is 1.15 bits per heavy atom. The molecule has 2 nitrogen and oxygen atoms in total. The maximum atomic E-state index is 8.95. The predicted molar refractivity (Wildman–Crippen MR) is 81.5 cm³/mol. The minimum absolute atomic E-state index is 0.665. The minimum atomic E-state index is 0.665. The fourth-order valence-electron chi connectivity index (χ4n) is 2.18. The molecule has 0 spiro atoms. The Bertz CT molecular complexity index is 669. The number of halogens is 1. The molecule has 1 aliphatic rings. The summed E-state index contributed by atoms with van der Waals surface area (Å²) in [5.74, 6) is 0. The van der Waals surface area contributed by atoms with Gasteiger partial charge in [-0.05, 0) is 47.7 Å².